The first-order valence-corrected chi connectivity index (χ1v) is 8.60. The normalized spacial score (nSPS) is 11.3. The Morgan fingerprint density at radius 2 is 2.04 bits per heavy atom. The van der Waals surface area contributed by atoms with Crippen LogP contribution in [0, 0.1) is 0 Å². The molecule has 0 spiro atoms. The van der Waals surface area contributed by atoms with E-state index in [0.717, 1.165) is 11.3 Å². The number of rotatable bonds is 8. The van der Waals surface area contributed by atoms with Gasteiger partial charge in [-0.15, -0.1) is 11.3 Å². The van der Waals surface area contributed by atoms with Crippen LogP contribution in [0.5, 0.6) is 0 Å². The number of hydrogen-bond donors (Lipinski definition) is 2. The molecule has 0 fully saturated rings. The zero-order chi connectivity index (χ0) is 17.5. The van der Waals surface area contributed by atoms with Crippen molar-refractivity contribution in [2.24, 2.45) is 0 Å². The molecule has 6 nitrogen and oxygen atoms in total. The first-order valence-electron chi connectivity index (χ1n) is 7.72. The lowest BCUT2D eigenvalue weighted by molar-refractivity contribution is 0.0251. The van der Waals surface area contributed by atoms with E-state index in [-0.39, 0.29) is 6.09 Å². The van der Waals surface area contributed by atoms with Gasteiger partial charge in [-0.3, -0.25) is 0 Å². The molecule has 0 aliphatic carbocycles. The van der Waals surface area contributed by atoms with Gasteiger partial charge in [0.05, 0.1) is 5.56 Å². The number of nitrogens with one attached hydrogen (secondary N) is 1. The van der Waals surface area contributed by atoms with Crippen LogP contribution in [0.15, 0.2) is 11.4 Å². The lowest BCUT2D eigenvalue weighted by atomic mass is 10.2. The van der Waals surface area contributed by atoms with Crippen LogP contribution < -0.4 is 5.32 Å². The van der Waals surface area contributed by atoms with E-state index in [1.165, 1.54) is 11.3 Å². The predicted molar refractivity (Wildman–Crippen MR) is 91.1 cm³/mol. The summed E-state index contributed by atoms with van der Waals surface area (Å²) in [4.78, 5) is 25.6. The lowest BCUT2D eigenvalue weighted by Gasteiger charge is -2.27. The quantitative estimate of drug-likeness (QED) is 0.709. The Morgan fingerprint density at radius 3 is 2.57 bits per heavy atom. The van der Waals surface area contributed by atoms with Crippen LogP contribution in [0.1, 0.15) is 49.4 Å². The van der Waals surface area contributed by atoms with Crippen LogP contribution in [-0.2, 0) is 11.3 Å². The maximum absolute atomic E-state index is 12.1. The van der Waals surface area contributed by atoms with E-state index in [9.17, 15) is 9.59 Å². The van der Waals surface area contributed by atoms with Gasteiger partial charge in [0.25, 0.3) is 0 Å². The average Bonchev–Trinajstić information content (AvgIpc) is 2.89. The molecule has 0 saturated heterocycles. The molecular formula is C16H26N2O4S. The Hall–Kier alpha value is -1.60. The summed E-state index contributed by atoms with van der Waals surface area (Å²) in [7, 11) is 0. The van der Waals surface area contributed by atoms with E-state index in [2.05, 4.69) is 5.32 Å². The van der Waals surface area contributed by atoms with Gasteiger partial charge in [-0.2, -0.15) is 0 Å². The molecular weight excluding hydrogens is 316 g/mol. The molecule has 23 heavy (non-hydrogen) atoms. The SMILES string of the molecule is CCCN(CCNCc1cc(C(=O)O)cs1)C(=O)OC(C)(C)C. The summed E-state index contributed by atoms with van der Waals surface area (Å²) in [5.74, 6) is -0.911. The maximum Gasteiger partial charge on any atom is 0.410 e. The first-order chi connectivity index (χ1) is 10.7. The number of amides is 1. The van der Waals surface area contributed by atoms with Gasteiger partial charge in [0.2, 0.25) is 0 Å². The molecule has 1 aromatic rings. The number of carboxylic acids is 1. The third-order valence-electron chi connectivity index (χ3n) is 2.90. The van der Waals surface area contributed by atoms with E-state index in [1.54, 1.807) is 16.3 Å². The number of carboxylic acid groups (broad SMARTS) is 1. The summed E-state index contributed by atoms with van der Waals surface area (Å²) >= 11 is 1.41. The van der Waals surface area contributed by atoms with Gasteiger partial charge >= 0.3 is 12.1 Å². The zero-order valence-electron chi connectivity index (χ0n) is 14.2. The van der Waals surface area contributed by atoms with Crippen molar-refractivity contribution < 1.29 is 19.4 Å². The van der Waals surface area contributed by atoms with Gasteiger partial charge in [-0.05, 0) is 33.3 Å². The highest BCUT2D eigenvalue weighted by molar-refractivity contribution is 7.10. The number of ether oxygens (including phenoxy) is 1. The van der Waals surface area contributed by atoms with Gasteiger partial charge in [-0.1, -0.05) is 6.92 Å². The van der Waals surface area contributed by atoms with E-state index in [4.69, 9.17) is 9.84 Å². The smallest absolute Gasteiger partial charge is 0.410 e. The highest BCUT2D eigenvalue weighted by Gasteiger charge is 2.21. The van der Waals surface area contributed by atoms with Crippen molar-refractivity contribution in [3.63, 3.8) is 0 Å². The van der Waals surface area contributed by atoms with Gasteiger partial charge in [-0.25, -0.2) is 9.59 Å². The molecule has 0 aliphatic heterocycles. The van der Waals surface area contributed by atoms with Gasteiger partial charge < -0.3 is 20.1 Å². The molecule has 7 heteroatoms. The summed E-state index contributed by atoms with van der Waals surface area (Å²) in [5.41, 5.74) is -0.186. The van der Waals surface area contributed by atoms with Crippen LogP contribution >= 0.6 is 11.3 Å². The summed E-state index contributed by atoms with van der Waals surface area (Å²) in [6, 6.07) is 1.66. The number of thiophene rings is 1. The fraction of sp³-hybridized carbons (Fsp3) is 0.625. The molecule has 0 bridgehead atoms. The highest BCUT2D eigenvalue weighted by Crippen LogP contribution is 2.14. The summed E-state index contributed by atoms with van der Waals surface area (Å²) < 4.78 is 5.39. The van der Waals surface area contributed by atoms with Crippen molar-refractivity contribution in [2.45, 2.75) is 46.3 Å². The Kier molecular flexibility index (Phi) is 7.51. The first kappa shape index (κ1) is 19.4. The van der Waals surface area contributed by atoms with Crippen LogP contribution in [0.3, 0.4) is 0 Å². The number of aromatic carboxylic acids is 1. The molecule has 0 aliphatic rings. The molecule has 130 valence electrons. The highest BCUT2D eigenvalue weighted by atomic mass is 32.1. The van der Waals surface area contributed by atoms with Gasteiger partial charge in [0.15, 0.2) is 0 Å². The van der Waals surface area contributed by atoms with Crippen LogP contribution in [0.4, 0.5) is 4.79 Å². The minimum atomic E-state index is -0.911. The molecule has 0 aromatic carbocycles. The van der Waals surface area contributed by atoms with Crippen molar-refractivity contribution >= 4 is 23.4 Å². The molecule has 1 rings (SSSR count). The second kappa shape index (κ2) is 8.88. The second-order valence-electron chi connectivity index (χ2n) is 6.25. The van der Waals surface area contributed by atoms with Crippen molar-refractivity contribution in [3.8, 4) is 0 Å². The van der Waals surface area contributed by atoms with Gasteiger partial charge in [0, 0.05) is 36.4 Å². The lowest BCUT2D eigenvalue weighted by Crippen LogP contribution is -2.40. The Balaban J connectivity index is 2.40. The zero-order valence-corrected chi connectivity index (χ0v) is 15.0. The number of nitrogens with zero attached hydrogens (tertiary/aromatic N) is 1. The fourth-order valence-electron chi connectivity index (χ4n) is 1.90. The van der Waals surface area contributed by atoms with Crippen molar-refractivity contribution in [1.82, 2.24) is 10.2 Å². The van der Waals surface area contributed by atoms with Crippen LogP contribution in [0.2, 0.25) is 0 Å². The van der Waals surface area contributed by atoms with Crippen LogP contribution in [0.25, 0.3) is 0 Å². The van der Waals surface area contributed by atoms with E-state index in [1.807, 2.05) is 27.7 Å². The van der Waals surface area contributed by atoms with Crippen molar-refractivity contribution in [2.75, 3.05) is 19.6 Å². The molecule has 1 amide bonds. The second-order valence-corrected chi connectivity index (χ2v) is 7.25. The minimum Gasteiger partial charge on any atom is -0.478 e. The number of carbonyl (C=O) groups is 2. The number of hydrogen-bond acceptors (Lipinski definition) is 5. The molecule has 0 saturated carbocycles. The maximum atomic E-state index is 12.1. The molecule has 2 N–H and O–H groups in total. The third-order valence-corrected chi connectivity index (χ3v) is 3.84. The Morgan fingerprint density at radius 1 is 1.35 bits per heavy atom. The fourth-order valence-corrected chi connectivity index (χ4v) is 2.73. The largest absolute Gasteiger partial charge is 0.478 e. The van der Waals surface area contributed by atoms with Crippen LogP contribution in [-0.4, -0.2) is 47.3 Å². The standard InChI is InChI=1S/C16H26N2O4S/c1-5-7-18(15(21)22-16(2,3)4)8-6-17-10-13-9-12(11-23-13)14(19)20/h9,11,17H,5-8,10H2,1-4H3,(H,19,20). The number of carbonyl (C=O) groups excluding carboxylic acids is 1. The predicted octanol–water partition coefficient (Wildman–Crippen LogP) is 3.18. The van der Waals surface area contributed by atoms with E-state index < -0.39 is 11.6 Å². The Labute approximate surface area is 141 Å². The van der Waals surface area contributed by atoms with Crippen molar-refractivity contribution in [1.29, 1.82) is 0 Å². The summed E-state index contributed by atoms with van der Waals surface area (Å²) in [6.45, 7) is 9.99. The van der Waals surface area contributed by atoms with E-state index in [0.29, 0.717) is 31.7 Å². The third kappa shape index (κ3) is 7.47. The molecule has 0 unspecified atom stereocenters. The topological polar surface area (TPSA) is 78.9 Å². The minimum absolute atomic E-state index is 0.301. The van der Waals surface area contributed by atoms with E-state index >= 15 is 0 Å². The summed E-state index contributed by atoms with van der Waals surface area (Å²) in [5, 5.41) is 13.7. The average molecular weight is 342 g/mol. The molecule has 0 atom stereocenters. The molecule has 0 radical (unpaired) electrons. The monoisotopic (exact) mass is 342 g/mol. The van der Waals surface area contributed by atoms with Gasteiger partial charge in [0.1, 0.15) is 5.60 Å². The molecule has 1 heterocycles. The molecule has 1 aromatic heterocycles. The Bertz CT molecular complexity index is 522. The van der Waals surface area contributed by atoms with Crippen molar-refractivity contribution in [3.05, 3.63) is 21.9 Å². The summed E-state index contributed by atoms with van der Waals surface area (Å²) in [6.07, 6.45) is 0.567.